The summed E-state index contributed by atoms with van der Waals surface area (Å²) in [6, 6.07) is 8.17. The van der Waals surface area contributed by atoms with Crippen molar-refractivity contribution in [2.24, 2.45) is 12.9 Å². The molecule has 0 radical (unpaired) electrons. The van der Waals surface area contributed by atoms with Crippen molar-refractivity contribution in [3.63, 3.8) is 0 Å². The number of halogens is 1. The molecule has 0 aliphatic heterocycles. The molecule has 1 atom stereocenters. The number of aromatic nitrogens is 2. The Bertz CT molecular complexity index is 589. The zero-order valence-electron chi connectivity index (χ0n) is 12.9. The van der Waals surface area contributed by atoms with Crippen LogP contribution in [0.1, 0.15) is 28.9 Å². The first kappa shape index (κ1) is 16.0. The van der Waals surface area contributed by atoms with Gasteiger partial charge in [0.1, 0.15) is 0 Å². The van der Waals surface area contributed by atoms with Crippen molar-refractivity contribution in [3.8, 4) is 0 Å². The molecular formula is C16H23ClN4. The van der Waals surface area contributed by atoms with Gasteiger partial charge >= 0.3 is 0 Å². The molecule has 4 nitrogen and oxygen atoms in total. The number of nitrogens with two attached hydrogens (primary N) is 1. The molecule has 1 aromatic carbocycles. The van der Waals surface area contributed by atoms with Crippen molar-refractivity contribution in [2.75, 3.05) is 0 Å². The van der Waals surface area contributed by atoms with Crippen LogP contribution in [-0.2, 0) is 19.9 Å². The number of hydrogen-bond donors (Lipinski definition) is 2. The Hall–Kier alpha value is -1.36. The van der Waals surface area contributed by atoms with E-state index in [1.165, 1.54) is 16.8 Å². The van der Waals surface area contributed by atoms with Gasteiger partial charge in [0.05, 0.1) is 5.69 Å². The summed E-state index contributed by atoms with van der Waals surface area (Å²) < 4.78 is 1.94. The second-order valence-corrected chi connectivity index (χ2v) is 5.94. The van der Waals surface area contributed by atoms with Crippen LogP contribution in [0.4, 0.5) is 0 Å². The molecule has 3 N–H and O–H groups in total. The molecule has 1 unspecified atom stereocenters. The zero-order chi connectivity index (χ0) is 15.4. The maximum absolute atomic E-state index is 5.91. The second kappa shape index (κ2) is 7.07. The average Bonchev–Trinajstić information content (AvgIpc) is 2.71. The van der Waals surface area contributed by atoms with Gasteiger partial charge in [-0.2, -0.15) is 5.10 Å². The van der Waals surface area contributed by atoms with E-state index < -0.39 is 0 Å². The lowest BCUT2D eigenvalue weighted by Gasteiger charge is -2.16. The van der Waals surface area contributed by atoms with E-state index >= 15 is 0 Å². The van der Waals surface area contributed by atoms with E-state index in [2.05, 4.69) is 24.4 Å². The Balaban J connectivity index is 1.98. The van der Waals surface area contributed by atoms with Gasteiger partial charge in [-0.3, -0.25) is 16.0 Å². The lowest BCUT2D eigenvalue weighted by atomic mass is 9.99. The third-order valence-electron chi connectivity index (χ3n) is 4.03. The lowest BCUT2D eigenvalue weighted by Crippen LogP contribution is -2.37. The first-order valence-corrected chi connectivity index (χ1v) is 7.58. The minimum atomic E-state index is 0.241. The highest BCUT2D eigenvalue weighted by Gasteiger charge is 2.13. The van der Waals surface area contributed by atoms with E-state index in [0.717, 1.165) is 30.0 Å². The molecule has 0 saturated carbocycles. The molecule has 5 heteroatoms. The highest BCUT2D eigenvalue weighted by Crippen LogP contribution is 2.17. The second-order valence-electron chi connectivity index (χ2n) is 5.51. The first-order chi connectivity index (χ1) is 10.0. The van der Waals surface area contributed by atoms with Crippen molar-refractivity contribution < 1.29 is 0 Å². The highest BCUT2D eigenvalue weighted by molar-refractivity contribution is 6.30. The van der Waals surface area contributed by atoms with Gasteiger partial charge < -0.3 is 0 Å². The molecule has 114 valence electrons. The topological polar surface area (TPSA) is 55.9 Å². The van der Waals surface area contributed by atoms with Crippen molar-refractivity contribution in [2.45, 2.75) is 39.2 Å². The van der Waals surface area contributed by atoms with Gasteiger partial charge in [0, 0.05) is 23.8 Å². The van der Waals surface area contributed by atoms with Gasteiger partial charge in [0.25, 0.3) is 0 Å². The van der Waals surface area contributed by atoms with Gasteiger partial charge in [-0.05, 0) is 56.4 Å². The molecule has 2 rings (SSSR count). The molecule has 21 heavy (non-hydrogen) atoms. The molecule has 1 aromatic heterocycles. The van der Waals surface area contributed by atoms with Crippen LogP contribution in [0.25, 0.3) is 0 Å². The maximum atomic E-state index is 5.91. The van der Waals surface area contributed by atoms with E-state index in [-0.39, 0.29) is 6.04 Å². The Morgan fingerprint density at radius 3 is 2.48 bits per heavy atom. The van der Waals surface area contributed by atoms with E-state index in [0.29, 0.717) is 0 Å². The predicted molar refractivity (Wildman–Crippen MR) is 87.3 cm³/mol. The normalized spacial score (nSPS) is 12.6. The van der Waals surface area contributed by atoms with Crippen LogP contribution in [0.15, 0.2) is 24.3 Å². The third kappa shape index (κ3) is 4.06. The van der Waals surface area contributed by atoms with Crippen molar-refractivity contribution in [1.29, 1.82) is 0 Å². The minimum Gasteiger partial charge on any atom is -0.272 e. The van der Waals surface area contributed by atoms with Crippen LogP contribution in [0.3, 0.4) is 0 Å². The molecule has 2 aromatic rings. The predicted octanol–water partition coefficient (Wildman–Crippen LogP) is 2.70. The summed E-state index contributed by atoms with van der Waals surface area (Å²) in [4.78, 5) is 0. The lowest BCUT2D eigenvalue weighted by molar-refractivity contribution is 0.490. The van der Waals surface area contributed by atoms with Crippen LogP contribution >= 0.6 is 11.6 Å². The summed E-state index contributed by atoms with van der Waals surface area (Å²) in [5.74, 6) is 5.70. The summed E-state index contributed by atoms with van der Waals surface area (Å²) in [7, 11) is 1.98. The van der Waals surface area contributed by atoms with Gasteiger partial charge in [0.2, 0.25) is 0 Å². The fourth-order valence-corrected chi connectivity index (χ4v) is 2.77. The average molecular weight is 307 g/mol. The summed E-state index contributed by atoms with van der Waals surface area (Å²) in [5.41, 5.74) is 7.83. The number of benzene rings is 1. The summed E-state index contributed by atoms with van der Waals surface area (Å²) in [5, 5.41) is 5.22. The number of aryl methyl sites for hydroxylation is 2. The van der Waals surface area contributed by atoms with Gasteiger partial charge in [-0.1, -0.05) is 23.7 Å². The molecular weight excluding hydrogens is 284 g/mol. The number of nitrogens with one attached hydrogen (secondary N) is 1. The van der Waals surface area contributed by atoms with Gasteiger partial charge in [-0.15, -0.1) is 0 Å². The van der Waals surface area contributed by atoms with E-state index in [4.69, 9.17) is 17.4 Å². The van der Waals surface area contributed by atoms with Crippen molar-refractivity contribution in [1.82, 2.24) is 15.2 Å². The van der Waals surface area contributed by atoms with Crippen molar-refractivity contribution >= 4 is 11.6 Å². The maximum Gasteiger partial charge on any atom is 0.0628 e. The van der Waals surface area contributed by atoms with Crippen LogP contribution < -0.4 is 11.3 Å². The highest BCUT2D eigenvalue weighted by atomic mass is 35.5. The SMILES string of the molecule is Cc1nn(C)c(C)c1CCC(Cc1ccc(Cl)cc1)NN. The standard InChI is InChI=1S/C16H23ClN4/c1-11-16(12(2)21(3)20-11)9-8-15(19-18)10-13-4-6-14(17)7-5-13/h4-7,15,19H,8-10,18H2,1-3H3. The van der Waals surface area contributed by atoms with Crippen LogP contribution in [-0.4, -0.2) is 15.8 Å². The third-order valence-corrected chi connectivity index (χ3v) is 4.28. The van der Waals surface area contributed by atoms with Crippen molar-refractivity contribution in [3.05, 3.63) is 51.8 Å². The zero-order valence-corrected chi connectivity index (χ0v) is 13.6. The minimum absolute atomic E-state index is 0.241. The van der Waals surface area contributed by atoms with Gasteiger partial charge in [-0.25, -0.2) is 0 Å². The number of hydrazine groups is 1. The largest absolute Gasteiger partial charge is 0.272 e. The number of nitrogens with zero attached hydrogens (tertiary/aromatic N) is 2. The van der Waals surface area contributed by atoms with Crippen LogP contribution in [0.2, 0.25) is 5.02 Å². The molecule has 0 amide bonds. The molecule has 0 spiro atoms. The van der Waals surface area contributed by atoms with Gasteiger partial charge in [0.15, 0.2) is 0 Å². The monoisotopic (exact) mass is 306 g/mol. The molecule has 0 aliphatic rings. The smallest absolute Gasteiger partial charge is 0.0628 e. The van der Waals surface area contributed by atoms with E-state index in [1.54, 1.807) is 0 Å². The molecule has 0 bridgehead atoms. The molecule has 0 saturated heterocycles. The quantitative estimate of drug-likeness (QED) is 0.637. The molecule has 0 fully saturated rings. The van der Waals surface area contributed by atoms with E-state index in [1.807, 2.05) is 36.0 Å². The van der Waals surface area contributed by atoms with E-state index in [9.17, 15) is 0 Å². The number of rotatable bonds is 6. The Kier molecular flexibility index (Phi) is 5.39. The Morgan fingerprint density at radius 1 is 1.29 bits per heavy atom. The summed E-state index contributed by atoms with van der Waals surface area (Å²) >= 11 is 5.91. The Labute approximate surface area is 131 Å². The fraction of sp³-hybridized carbons (Fsp3) is 0.438. The van der Waals surface area contributed by atoms with Crippen LogP contribution in [0.5, 0.6) is 0 Å². The summed E-state index contributed by atoms with van der Waals surface area (Å²) in [6.45, 7) is 4.17. The first-order valence-electron chi connectivity index (χ1n) is 7.21. The Morgan fingerprint density at radius 2 is 1.95 bits per heavy atom. The number of hydrogen-bond acceptors (Lipinski definition) is 3. The molecule has 0 aliphatic carbocycles. The fourth-order valence-electron chi connectivity index (χ4n) is 2.65. The summed E-state index contributed by atoms with van der Waals surface area (Å²) in [6.07, 6.45) is 2.85. The van der Waals surface area contributed by atoms with Crippen LogP contribution in [0, 0.1) is 13.8 Å². The molecule has 1 heterocycles.